The van der Waals surface area contributed by atoms with E-state index >= 15 is 0 Å². The van der Waals surface area contributed by atoms with Gasteiger partial charge in [0, 0.05) is 44.5 Å². The molecule has 0 atom stereocenters. The molecule has 5 rings (SSSR count). The number of ketones is 2. The minimum absolute atomic E-state index is 0.0446. The molecule has 1 aliphatic rings. The first-order valence-corrected chi connectivity index (χ1v) is 9.61. The molecule has 0 radical (unpaired) electrons. The van der Waals surface area contributed by atoms with Crippen LogP contribution in [0.4, 0.5) is 0 Å². The monoisotopic (exact) mass is 414 g/mol. The maximum atomic E-state index is 13.2. The van der Waals surface area contributed by atoms with E-state index in [2.05, 4.69) is 0 Å². The zero-order chi connectivity index (χ0) is 21.9. The Morgan fingerprint density at radius 1 is 0.645 bits per heavy atom. The standard InChI is InChI=1S/C25H18O6/c1-29-12-8-19-21(20(26)9-12)25(31-3)18-11-16-15(10-17(18)24(19)30-2)22(27)13-6-4-5-7-14(13)23(16)28/h4-11,26H,1-3H3. The second-order valence-electron chi connectivity index (χ2n) is 7.28. The van der Waals surface area contributed by atoms with E-state index in [1.54, 1.807) is 42.5 Å². The van der Waals surface area contributed by atoms with E-state index in [1.807, 2.05) is 0 Å². The van der Waals surface area contributed by atoms with Crippen molar-refractivity contribution in [3.63, 3.8) is 0 Å². The average molecular weight is 414 g/mol. The van der Waals surface area contributed by atoms with Gasteiger partial charge in [-0.3, -0.25) is 9.59 Å². The number of phenolic OH excluding ortho intramolecular Hbond substituents is 1. The minimum Gasteiger partial charge on any atom is -0.507 e. The summed E-state index contributed by atoms with van der Waals surface area (Å²) in [5, 5.41) is 12.9. The van der Waals surface area contributed by atoms with Crippen LogP contribution in [-0.4, -0.2) is 38.0 Å². The van der Waals surface area contributed by atoms with Gasteiger partial charge >= 0.3 is 0 Å². The highest BCUT2D eigenvalue weighted by atomic mass is 16.5. The van der Waals surface area contributed by atoms with Crippen LogP contribution >= 0.6 is 0 Å². The van der Waals surface area contributed by atoms with Crippen LogP contribution < -0.4 is 14.2 Å². The Kier molecular flexibility index (Phi) is 4.12. The van der Waals surface area contributed by atoms with Crippen molar-refractivity contribution >= 4 is 33.1 Å². The summed E-state index contributed by atoms with van der Waals surface area (Å²) >= 11 is 0. The number of carbonyl (C=O) groups is 2. The quantitative estimate of drug-likeness (QED) is 0.438. The van der Waals surface area contributed by atoms with E-state index in [-0.39, 0.29) is 17.3 Å². The molecule has 6 nitrogen and oxygen atoms in total. The summed E-state index contributed by atoms with van der Waals surface area (Å²) in [5.74, 6) is 0.781. The van der Waals surface area contributed by atoms with Gasteiger partial charge in [-0.25, -0.2) is 0 Å². The number of hydrogen-bond acceptors (Lipinski definition) is 6. The lowest BCUT2D eigenvalue weighted by Gasteiger charge is -2.21. The van der Waals surface area contributed by atoms with Crippen LogP contribution in [0.5, 0.6) is 23.0 Å². The summed E-state index contributed by atoms with van der Waals surface area (Å²) in [4.78, 5) is 26.4. The van der Waals surface area contributed by atoms with Crippen molar-refractivity contribution < 1.29 is 28.9 Å². The number of hydrogen-bond donors (Lipinski definition) is 1. The number of aromatic hydroxyl groups is 1. The molecular formula is C25H18O6. The summed E-state index contributed by atoms with van der Waals surface area (Å²) in [6, 6.07) is 13.3. The highest BCUT2D eigenvalue weighted by Crippen LogP contribution is 2.48. The fourth-order valence-electron chi connectivity index (χ4n) is 4.37. The normalized spacial score (nSPS) is 12.6. The molecular weight excluding hydrogens is 396 g/mol. The van der Waals surface area contributed by atoms with E-state index in [4.69, 9.17) is 14.2 Å². The summed E-state index contributed by atoms with van der Waals surface area (Å²) in [6.45, 7) is 0. The Balaban J connectivity index is 1.95. The topological polar surface area (TPSA) is 82.1 Å². The van der Waals surface area contributed by atoms with Crippen molar-refractivity contribution in [1.29, 1.82) is 0 Å². The fourth-order valence-corrected chi connectivity index (χ4v) is 4.37. The fraction of sp³-hybridized carbons (Fsp3) is 0.120. The summed E-state index contributed by atoms with van der Waals surface area (Å²) in [5.41, 5.74) is 1.36. The molecule has 0 aromatic heterocycles. The third kappa shape index (κ3) is 2.51. The molecule has 4 aromatic rings. The summed E-state index contributed by atoms with van der Waals surface area (Å²) < 4.78 is 16.7. The zero-order valence-corrected chi connectivity index (χ0v) is 17.1. The Bertz CT molecular complexity index is 1430. The van der Waals surface area contributed by atoms with Crippen LogP contribution in [-0.2, 0) is 0 Å². The lowest BCUT2D eigenvalue weighted by Crippen LogP contribution is -2.20. The van der Waals surface area contributed by atoms with E-state index in [0.29, 0.717) is 61.0 Å². The molecule has 154 valence electrons. The summed E-state index contributed by atoms with van der Waals surface area (Å²) in [7, 11) is 4.51. The molecule has 0 fully saturated rings. The number of rotatable bonds is 3. The third-order valence-electron chi connectivity index (χ3n) is 5.76. The predicted octanol–water partition coefficient (Wildman–Crippen LogP) is 4.50. The number of benzene rings is 4. The Morgan fingerprint density at radius 3 is 1.71 bits per heavy atom. The SMILES string of the molecule is COc1cc(O)c2c(OC)c3cc4c(cc3c(OC)c2c1)C(=O)c1ccccc1C4=O. The molecule has 0 aliphatic heterocycles. The lowest BCUT2D eigenvalue weighted by atomic mass is 9.82. The predicted molar refractivity (Wildman–Crippen MR) is 116 cm³/mol. The first-order chi connectivity index (χ1) is 15.0. The van der Waals surface area contributed by atoms with Crippen LogP contribution in [0.2, 0.25) is 0 Å². The summed E-state index contributed by atoms with van der Waals surface area (Å²) in [6.07, 6.45) is 0. The van der Waals surface area contributed by atoms with Gasteiger partial charge in [0.05, 0.1) is 26.7 Å². The number of fused-ring (bicyclic) bond motifs is 4. The second kappa shape index (κ2) is 6.74. The van der Waals surface area contributed by atoms with Crippen molar-refractivity contribution in [1.82, 2.24) is 0 Å². The van der Waals surface area contributed by atoms with Crippen molar-refractivity contribution in [2.75, 3.05) is 21.3 Å². The van der Waals surface area contributed by atoms with Crippen molar-refractivity contribution in [2.24, 2.45) is 0 Å². The smallest absolute Gasteiger partial charge is 0.194 e. The van der Waals surface area contributed by atoms with Gasteiger partial charge in [0.2, 0.25) is 0 Å². The molecule has 1 aliphatic carbocycles. The maximum absolute atomic E-state index is 13.2. The van der Waals surface area contributed by atoms with E-state index in [0.717, 1.165) is 0 Å². The van der Waals surface area contributed by atoms with Gasteiger partial charge in [-0.1, -0.05) is 24.3 Å². The Morgan fingerprint density at radius 2 is 1.19 bits per heavy atom. The first kappa shape index (κ1) is 18.9. The van der Waals surface area contributed by atoms with Crippen LogP contribution in [0.3, 0.4) is 0 Å². The highest BCUT2D eigenvalue weighted by Gasteiger charge is 2.31. The first-order valence-electron chi connectivity index (χ1n) is 9.61. The van der Waals surface area contributed by atoms with Crippen LogP contribution in [0, 0.1) is 0 Å². The molecule has 0 amide bonds. The Hall–Kier alpha value is -4.06. The van der Waals surface area contributed by atoms with Gasteiger partial charge in [0.15, 0.2) is 11.6 Å². The average Bonchev–Trinajstić information content (AvgIpc) is 2.80. The van der Waals surface area contributed by atoms with Crippen molar-refractivity contribution in [3.05, 3.63) is 70.8 Å². The van der Waals surface area contributed by atoms with E-state index < -0.39 is 0 Å². The minimum atomic E-state index is -0.229. The van der Waals surface area contributed by atoms with Gasteiger partial charge in [-0.15, -0.1) is 0 Å². The van der Waals surface area contributed by atoms with Gasteiger partial charge < -0.3 is 19.3 Å². The number of methoxy groups -OCH3 is 3. The third-order valence-corrected chi connectivity index (χ3v) is 5.76. The zero-order valence-electron chi connectivity index (χ0n) is 17.1. The van der Waals surface area contributed by atoms with E-state index in [9.17, 15) is 14.7 Å². The van der Waals surface area contributed by atoms with Gasteiger partial charge in [0.1, 0.15) is 23.0 Å². The molecule has 0 spiro atoms. The molecule has 0 bridgehead atoms. The van der Waals surface area contributed by atoms with Crippen LogP contribution in [0.1, 0.15) is 31.8 Å². The highest BCUT2D eigenvalue weighted by molar-refractivity contribution is 6.30. The molecule has 0 heterocycles. The maximum Gasteiger partial charge on any atom is 0.194 e. The van der Waals surface area contributed by atoms with Crippen molar-refractivity contribution in [2.45, 2.75) is 0 Å². The molecule has 0 saturated heterocycles. The van der Waals surface area contributed by atoms with Gasteiger partial charge in [-0.2, -0.15) is 0 Å². The Labute approximate surface area is 177 Å². The molecule has 31 heavy (non-hydrogen) atoms. The number of phenols is 1. The molecule has 0 unspecified atom stereocenters. The molecule has 1 N–H and O–H groups in total. The number of carbonyl (C=O) groups excluding carboxylic acids is 2. The molecule has 0 saturated carbocycles. The van der Waals surface area contributed by atoms with Crippen LogP contribution in [0.15, 0.2) is 48.5 Å². The van der Waals surface area contributed by atoms with Gasteiger partial charge in [-0.05, 0) is 18.2 Å². The van der Waals surface area contributed by atoms with Gasteiger partial charge in [0.25, 0.3) is 0 Å². The molecule has 4 aromatic carbocycles. The molecule has 6 heteroatoms. The van der Waals surface area contributed by atoms with Crippen molar-refractivity contribution in [3.8, 4) is 23.0 Å². The number of ether oxygens (including phenoxy) is 3. The largest absolute Gasteiger partial charge is 0.507 e. The van der Waals surface area contributed by atoms with Crippen LogP contribution in [0.25, 0.3) is 21.5 Å². The van der Waals surface area contributed by atoms with E-state index in [1.165, 1.54) is 27.4 Å². The second-order valence-corrected chi connectivity index (χ2v) is 7.28. The lowest BCUT2D eigenvalue weighted by molar-refractivity contribution is 0.0979.